The highest BCUT2D eigenvalue weighted by Gasteiger charge is 2.27. The molecule has 1 aliphatic carbocycles. The van der Waals surface area contributed by atoms with Crippen LogP contribution in [0, 0.1) is 11.8 Å². The van der Waals surface area contributed by atoms with Crippen molar-refractivity contribution in [2.45, 2.75) is 32.1 Å². The molecule has 0 aromatic carbocycles. The third-order valence-electron chi connectivity index (χ3n) is 2.44. The fraction of sp³-hybridized carbons (Fsp3) is 1.00. The summed E-state index contributed by atoms with van der Waals surface area (Å²) < 4.78 is 24.3. The first-order chi connectivity index (χ1) is 5.24. The van der Waals surface area contributed by atoms with Crippen LogP contribution < -0.4 is 0 Å². The molecule has 0 amide bonds. The van der Waals surface area contributed by atoms with Crippen molar-refractivity contribution in [3.8, 4) is 0 Å². The molecule has 3 heteroatoms. The topological polar surface area (TPSA) is 20.2 Å². The number of aliphatic hydroxyl groups excluding tert-OH is 1. The molecular formula is C8H14F2O. The summed E-state index contributed by atoms with van der Waals surface area (Å²) in [5.41, 5.74) is 0. The maximum atomic E-state index is 12.1. The van der Waals surface area contributed by atoms with E-state index in [1.165, 1.54) is 0 Å². The van der Waals surface area contributed by atoms with Gasteiger partial charge in [0.05, 0.1) is 0 Å². The van der Waals surface area contributed by atoms with Gasteiger partial charge in [0.2, 0.25) is 6.43 Å². The molecule has 1 N–H and O–H groups in total. The molecule has 2 atom stereocenters. The first-order valence-corrected chi connectivity index (χ1v) is 4.13. The van der Waals surface area contributed by atoms with Crippen molar-refractivity contribution in [1.82, 2.24) is 0 Å². The van der Waals surface area contributed by atoms with Crippen molar-refractivity contribution in [2.75, 3.05) is 6.61 Å². The van der Waals surface area contributed by atoms with Gasteiger partial charge in [-0.25, -0.2) is 8.78 Å². The summed E-state index contributed by atoms with van der Waals surface area (Å²) >= 11 is 0. The van der Waals surface area contributed by atoms with Gasteiger partial charge in [-0.2, -0.15) is 0 Å². The first kappa shape index (κ1) is 8.91. The third-order valence-corrected chi connectivity index (χ3v) is 2.44. The van der Waals surface area contributed by atoms with E-state index in [1.807, 2.05) is 0 Å². The van der Waals surface area contributed by atoms with Gasteiger partial charge in [-0.05, 0) is 25.2 Å². The van der Waals surface area contributed by atoms with Gasteiger partial charge >= 0.3 is 0 Å². The Morgan fingerprint density at radius 1 is 1.36 bits per heavy atom. The largest absolute Gasteiger partial charge is 0.396 e. The summed E-state index contributed by atoms with van der Waals surface area (Å²) in [4.78, 5) is 0. The monoisotopic (exact) mass is 164 g/mol. The standard InChI is InChI=1S/C8H14F2O/c9-8(10)7-3-1-2-6(4-7)5-11/h6-8,11H,1-5H2. The molecule has 0 aromatic heterocycles. The fourth-order valence-corrected chi connectivity index (χ4v) is 1.73. The average Bonchev–Trinajstić information content (AvgIpc) is 2.05. The highest BCUT2D eigenvalue weighted by Crippen LogP contribution is 2.32. The summed E-state index contributed by atoms with van der Waals surface area (Å²) in [6.07, 6.45) is 0.715. The van der Waals surface area contributed by atoms with Gasteiger partial charge in [-0.3, -0.25) is 0 Å². The van der Waals surface area contributed by atoms with Crippen molar-refractivity contribution in [3.63, 3.8) is 0 Å². The SMILES string of the molecule is OCC1CCCC(C(F)F)C1. The van der Waals surface area contributed by atoms with Crippen molar-refractivity contribution >= 4 is 0 Å². The Kier molecular flexibility index (Phi) is 3.24. The van der Waals surface area contributed by atoms with Crippen LogP contribution in [0.25, 0.3) is 0 Å². The molecule has 0 spiro atoms. The minimum atomic E-state index is -2.19. The molecule has 0 aliphatic heterocycles. The molecule has 1 nitrogen and oxygen atoms in total. The van der Waals surface area contributed by atoms with Gasteiger partial charge in [-0.15, -0.1) is 0 Å². The average molecular weight is 164 g/mol. The Hall–Kier alpha value is -0.180. The van der Waals surface area contributed by atoms with Crippen LogP contribution in [0.15, 0.2) is 0 Å². The van der Waals surface area contributed by atoms with Crippen LogP contribution in [0.1, 0.15) is 25.7 Å². The van der Waals surface area contributed by atoms with Crippen molar-refractivity contribution in [2.24, 2.45) is 11.8 Å². The van der Waals surface area contributed by atoms with Gasteiger partial charge in [-0.1, -0.05) is 6.42 Å². The highest BCUT2D eigenvalue weighted by atomic mass is 19.3. The van der Waals surface area contributed by atoms with E-state index in [0.717, 1.165) is 12.8 Å². The number of rotatable bonds is 2. The molecule has 0 bridgehead atoms. The number of alkyl halides is 2. The molecular weight excluding hydrogens is 150 g/mol. The smallest absolute Gasteiger partial charge is 0.241 e. The van der Waals surface area contributed by atoms with Gasteiger partial charge in [0.25, 0.3) is 0 Å². The minimum absolute atomic E-state index is 0.0726. The third kappa shape index (κ3) is 2.40. The number of halogens is 2. The van der Waals surface area contributed by atoms with E-state index in [-0.39, 0.29) is 12.5 Å². The fourth-order valence-electron chi connectivity index (χ4n) is 1.73. The maximum Gasteiger partial charge on any atom is 0.241 e. The number of aliphatic hydroxyl groups is 1. The number of hydrogen-bond acceptors (Lipinski definition) is 1. The summed E-state index contributed by atoms with van der Waals surface area (Å²) in [6, 6.07) is 0. The maximum absolute atomic E-state index is 12.1. The molecule has 1 aliphatic rings. The van der Waals surface area contributed by atoms with Crippen LogP contribution in [0.3, 0.4) is 0 Å². The van der Waals surface area contributed by atoms with Crippen LogP contribution in [0.5, 0.6) is 0 Å². The summed E-state index contributed by atoms with van der Waals surface area (Å²) in [7, 11) is 0. The van der Waals surface area contributed by atoms with Crippen LogP contribution in [0.2, 0.25) is 0 Å². The van der Waals surface area contributed by atoms with Crippen LogP contribution in [-0.4, -0.2) is 18.1 Å². The van der Waals surface area contributed by atoms with E-state index in [0.29, 0.717) is 12.8 Å². The molecule has 0 radical (unpaired) electrons. The predicted octanol–water partition coefficient (Wildman–Crippen LogP) is 2.05. The van der Waals surface area contributed by atoms with E-state index in [4.69, 9.17) is 5.11 Å². The first-order valence-electron chi connectivity index (χ1n) is 4.13. The summed E-state index contributed by atoms with van der Waals surface area (Å²) in [5.74, 6) is -0.330. The Morgan fingerprint density at radius 2 is 2.09 bits per heavy atom. The lowest BCUT2D eigenvalue weighted by Crippen LogP contribution is -2.23. The Balaban J connectivity index is 2.33. The molecule has 1 rings (SSSR count). The molecule has 0 saturated heterocycles. The lowest BCUT2D eigenvalue weighted by atomic mass is 9.82. The van der Waals surface area contributed by atoms with Crippen LogP contribution >= 0.6 is 0 Å². The summed E-state index contributed by atoms with van der Waals surface area (Å²) in [6.45, 7) is 0.0726. The zero-order chi connectivity index (χ0) is 8.27. The van der Waals surface area contributed by atoms with Crippen molar-refractivity contribution < 1.29 is 13.9 Å². The number of hydrogen-bond donors (Lipinski definition) is 1. The molecule has 1 fully saturated rings. The molecule has 11 heavy (non-hydrogen) atoms. The van der Waals surface area contributed by atoms with E-state index in [2.05, 4.69) is 0 Å². The molecule has 1 saturated carbocycles. The van der Waals surface area contributed by atoms with E-state index >= 15 is 0 Å². The Labute approximate surface area is 65.4 Å². The molecule has 2 unspecified atom stereocenters. The lowest BCUT2D eigenvalue weighted by Gasteiger charge is -2.26. The second-order valence-electron chi connectivity index (χ2n) is 3.31. The Bertz CT molecular complexity index is 117. The summed E-state index contributed by atoms with van der Waals surface area (Å²) in [5, 5.41) is 8.75. The van der Waals surface area contributed by atoms with Crippen molar-refractivity contribution in [3.05, 3.63) is 0 Å². The van der Waals surface area contributed by atoms with E-state index in [9.17, 15) is 8.78 Å². The van der Waals surface area contributed by atoms with Crippen LogP contribution in [0.4, 0.5) is 8.78 Å². The highest BCUT2D eigenvalue weighted by molar-refractivity contribution is 4.73. The van der Waals surface area contributed by atoms with Gasteiger partial charge in [0.15, 0.2) is 0 Å². The zero-order valence-corrected chi connectivity index (χ0v) is 6.47. The van der Waals surface area contributed by atoms with Gasteiger partial charge < -0.3 is 5.11 Å². The van der Waals surface area contributed by atoms with Crippen molar-refractivity contribution in [1.29, 1.82) is 0 Å². The normalized spacial score (nSPS) is 32.7. The van der Waals surface area contributed by atoms with E-state index < -0.39 is 12.3 Å². The second-order valence-corrected chi connectivity index (χ2v) is 3.31. The predicted molar refractivity (Wildman–Crippen MR) is 38.5 cm³/mol. The van der Waals surface area contributed by atoms with E-state index in [1.54, 1.807) is 0 Å². The zero-order valence-electron chi connectivity index (χ0n) is 6.47. The molecule has 0 aromatic rings. The van der Waals surface area contributed by atoms with Gasteiger partial charge in [0.1, 0.15) is 0 Å². The quantitative estimate of drug-likeness (QED) is 0.662. The lowest BCUT2D eigenvalue weighted by molar-refractivity contribution is 0.0317. The van der Waals surface area contributed by atoms with Gasteiger partial charge in [0, 0.05) is 12.5 Å². The molecule has 0 heterocycles. The minimum Gasteiger partial charge on any atom is -0.396 e. The Morgan fingerprint density at radius 3 is 2.64 bits per heavy atom. The van der Waals surface area contributed by atoms with Crippen LogP contribution in [-0.2, 0) is 0 Å². The second kappa shape index (κ2) is 4.00. The molecule has 66 valence electrons.